The molecule has 3 rings (SSSR count). The van der Waals surface area contributed by atoms with Crippen molar-refractivity contribution in [2.24, 2.45) is 0 Å². The van der Waals surface area contributed by atoms with E-state index in [1.54, 1.807) is 17.3 Å². The first-order chi connectivity index (χ1) is 13.0. The molecule has 6 heteroatoms. The molecule has 2 aromatic rings. The maximum absolute atomic E-state index is 12.5. The summed E-state index contributed by atoms with van der Waals surface area (Å²) >= 11 is 3.40. The number of carbonyl (C=O) groups is 2. The lowest BCUT2D eigenvalue weighted by Gasteiger charge is -2.30. The van der Waals surface area contributed by atoms with Gasteiger partial charge in [-0.1, -0.05) is 46.3 Å². The van der Waals surface area contributed by atoms with Crippen molar-refractivity contribution in [3.8, 4) is 0 Å². The van der Waals surface area contributed by atoms with E-state index in [0.717, 1.165) is 15.7 Å². The summed E-state index contributed by atoms with van der Waals surface area (Å²) < 4.78 is 10.9. The van der Waals surface area contributed by atoms with Crippen LogP contribution in [-0.2, 0) is 19.1 Å². The molecule has 0 saturated carbocycles. The maximum Gasteiger partial charge on any atom is 0.336 e. The van der Waals surface area contributed by atoms with Crippen molar-refractivity contribution in [3.05, 3.63) is 88.2 Å². The number of nitrogens with zero attached hydrogens (tertiary/aromatic N) is 1. The van der Waals surface area contributed by atoms with Crippen molar-refractivity contribution >= 4 is 33.6 Å². The number of methoxy groups -OCH3 is 2. The Morgan fingerprint density at radius 2 is 1.37 bits per heavy atom. The Labute approximate surface area is 166 Å². The van der Waals surface area contributed by atoms with E-state index < -0.39 is 17.9 Å². The zero-order valence-corrected chi connectivity index (χ0v) is 16.5. The SMILES string of the molecule is COC(=O)C1=CN(c2ccc(Br)cc2)C=C(C(=O)OC)C1c1ccccc1. The maximum atomic E-state index is 12.5. The summed E-state index contributed by atoms with van der Waals surface area (Å²) in [6.07, 6.45) is 3.39. The number of esters is 2. The standard InChI is InChI=1S/C21H18BrNO4/c1-26-20(24)17-12-23(16-10-8-15(22)9-11-16)13-18(21(25)27-2)19(17)14-6-4-3-5-7-14/h3-13,19H,1-2H3. The fraction of sp³-hybridized carbons (Fsp3) is 0.143. The van der Waals surface area contributed by atoms with E-state index >= 15 is 0 Å². The number of hydrogen-bond donors (Lipinski definition) is 0. The van der Waals surface area contributed by atoms with Crippen LogP contribution >= 0.6 is 15.9 Å². The van der Waals surface area contributed by atoms with Crippen molar-refractivity contribution < 1.29 is 19.1 Å². The Balaban J connectivity index is 2.16. The van der Waals surface area contributed by atoms with Crippen molar-refractivity contribution in [1.29, 1.82) is 0 Å². The van der Waals surface area contributed by atoms with Crippen LogP contribution in [0.1, 0.15) is 11.5 Å². The van der Waals surface area contributed by atoms with Crippen LogP contribution < -0.4 is 4.90 Å². The minimum absolute atomic E-state index is 0.356. The summed E-state index contributed by atoms with van der Waals surface area (Å²) in [7, 11) is 2.65. The highest BCUT2D eigenvalue weighted by Crippen LogP contribution is 2.38. The molecule has 2 aromatic carbocycles. The lowest BCUT2D eigenvalue weighted by Crippen LogP contribution is -2.28. The fourth-order valence-corrected chi connectivity index (χ4v) is 3.26. The molecular weight excluding hydrogens is 410 g/mol. The van der Waals surface area contributed by atoms with Crippen LogP contribution in [0.25, 0.3) is 0 Å². The quantitative estimate of drug-likeness (QED) is 0.685. The molecular formula is C21H18BrNO4. The number of halogens is 1. The average molecular weight is 428 g/mol. The van der Waals surface area contributed by atoms with Crippen LogP contribution in [0.3, 0.4) is 0 Å². The predicted octanol–water partition coefficient (Wildman–Crippen LogP) is 4.17. The normalized spacial score (nSPS) is 14.3. The molecule has 0 aliphatic carbocycles. The number of carbonyl (C=O) groups excluding carboxylic acids is 2. The highest BCUT2D eigenvalue weighted by atomic mass is 79.9. The molecule has 0 fully saturated rings. The van der Waals surface area contributed by atoms with Crippen molar-refractivity contribution in [3.63, 3.8) is 0 Å². The van der Waals surface area contributed by atoms with Crippen LogP contribution in [0.4, 0.5) is 5.69 Å². The van der Waals surface area contributed by atoms with Gasteiger partial charge in [-0.05, 0) is 29.8 Å². The Morgan fingerprint density at radius 3 is 1.85 bits per heavy atom. The van der Waals surface area contributed by atoms with Gasteiger partial charge in [0.2, 0.25) is 0 Å². The molecule has 0 radical (unpaired) electrons. The first kappa shape index (κ1) is 18.9. The molecule has 0 spiro atoms. The van der Waals surface area contributed by atoms with Gasteiger partial charge < -0.3 is 14.4 Å². The van der Waals surface area contributed by atoms with Crippen molar-refractivity contribution in [1.82, 2.24) is 0 Å². The molecule has 0 amide bonds. The molecule has 0 bridgehead atoms. The summed E-state index contributed by atoms with van der Waals surface area (Å²) in [5.41, 5.74) is 2.32. The smallest absolute Gasteiger partial charge is 0.336 e. The molecule has 27 heavy (non-hydrogen) atoms. The highest BCUT2D eigenvalue weighted by molar-refractivity contribution is 9.10. The lowest BCUT2D eigenvalue weighted by atomic mass is 9.83. The van der Waals surface area contributed by atoms with E-state index in [0.29, 0.717) is 11.1 Å². The molecule has 138 valence electrons. The van der Waals surface area contributed by atoms with Gasteiger partial charge in [0.15, 0.2) is 0 Å². The monoisotopic (exact) mass is 427 g/mol. The van der Waals surface area contributed by atoms with E-state index in [2.05, 4.69) is 15.9 Å². The van der Waals surface area contributed by atoms with E-state index in [4.69, 9.17) is 9.47 Å². The van der Waals surface area contributed by atoms with Gasteiger partial charge in [-0.25, -0.2) is 9.59 Å². The molecule has 0 unspecified atom stereocenters. The second kappa shape index (κ2) is 8.22. The third-order valence-corrected chi connectivity index (χ3v) is 4.81. The Morgan fingerprint density at radius 1 is 0.852 bits per heavy atom. The Hall–Kier alpha value is -2.86. The summed E-state index contributed by atoms with van der Waals surface area (Å²) in [5.74, 6) is -1.57. The van der Waals surface area contributed by atoms with E-state index in [-0.39, 0.29) is 0 Å². The molecule has 0 saturated heterocycles. The molecule has 0 N–H and O–H groups in total. The van der Waals surface area contributed by atoms with Crippen LogP contribution in [0.15, 0.2) is 82.6 Å². The number of rotatable bonds is 4. The summed E-state index contributed by atoms with van der Waals surface area (Å²) in [4.78, 5) is 26.8. The molecule has 1 aliphatic heterocycles. The summed E-state index contributed by atoms with van der Waals surface area (Å²) in [6, 6.07) is 16.9. The highest BCUT2D eigenvalue weighted by Gasteiger charge is 2.35. The van der Waals surface area contributed by atoms with Crippen LogP contribution in [0, 0.1) is 0 Å². The van der Waals surface area contributed by atoms with Gasteiger partial charge in [0.25, 0.3) is 0 Å². The van der Waals surface area contributed by atoms with Gasteiger partial charge in [0.1, 0.15) is 0 Å². The van der Waals surface area contributed by atoms with Gasteiger partial charge in [-0.2, -0.15) is 0 Å². The van der Waals surface area contributed by atoms with Gasteiger partial charge in [-0.15, -0.1) is 0 Å². The minimum Gasteiger partial charge on any atom is -0.466 e. The summed E-state index contributed by atoms with van der Waals surface area (Å²) in [5, 5.41) is 0. The predicted molar refractivity (Wildman–Crippen MR) is 106 cm³/mol. The lowest BCUT2D eigenvalue weighted by molar-refractivity contribution is -0.137. The van der Waals surface area contributed by atoms with Gasteiger partial charge >= 0.3 is 11.9 Å². The van der Waals surface area contributed by atoms with Crippen LogP contribution in [0.5, 0.6) is 0 Å². The molecule has 1 heterocycles. The van der Waals surface area contributed by atoms with Crippen molar-refractivity contribution in [2.75, 3.05) is 19.1 Å². The summed E-state index contributed by atoms with van der Waals surface area (Å²) in [6.45, 7) is 0. The second-order valence-electron chi connectivity index (χ2n) is 5.88. The third-order valence-electron chi connectivity index (χ3n) is 4.28. The van der Waals surface area contributed by atoms with Gasteiger partial charge in [0.05, 0.1) is 31.3 Å². The first-order valence-electron chi connectivity index (χ1n) is 8.24. The van der Waals surface area contributed by atoms with E-state index in [1.807, 2.05) is 54.6 Å². The zero-order valence-electron chi connectivity index (χ0n) is 14.9. The first-order valence-corrected chi connectivity index (χ1v) is 9.03. The third kappa shape index (κ3) is 3.95. The van der Waals surface area contributed by atoms with Crippen LogP contribution in [-0.4, -0.2) is 26.2 Å². The Bertz CT molecular complexity index is 870. The molecule has 1 aliphatic rings. The topological polar surface area (TPSA) is 55.8 Å². The van der Waals surface area contributed by atoms with Gasteiger partial charge in [0, 0.05) is 22.6 Å². The molecule has 0 atom stereocenters. The van der Waals surface area contributed by atoms with E-state index in [9.17, 15) is 9.59 Å². The largest absolute Gasteiger partial charge is 0.466 e. The number of ether oxygens (including phenoxy) is 2. The average Bonchev–Trinajstić information content (AvgIpc) is 2.72. The molecule has 5 nitrogen and oxygen atoms in total. The minimum atomic E-state index is -0.571. The van der Waals surface area contributed by atoms with Crippen molar-refractivity contribution in [2.45, 2.75) is 5.92 Å². The fourth-order valence-electron chi connectivity index (χ4n) is 3.00. The van der Waals surface area contributed by atoms with Gasteiger partial charge in [-0.3, -0.25) is 0 Å². The molecule has 0 aromatic heterocycles. The second-order valence-corrected chi connectivity index (χ2v) is 6.80. The number of hydrogen-bond acceptors (Lipinski definition) is 5. The van der Waals surface area contributed by atoms with Crippen LogP contribution in [0.2, 0.25) is 0 Å². The number of benzene rings is 2. The Kier molecular flexibility index (Phi) is 5.76. The van der Waals surface area contributed by atoms with E-state index in [1.165, 1.54) is 14.2 Å². The zero-order chi connectivity index (χ0) is 19.4. The number of anilines is 1.